The molecule has 4 heteroatoms. The van der Waals surface area contributed by atoms with Gasteiger partial charge < -0.3 is 9.64 Å². The zero-order valence-electron chi connectivity index (χ0n) is 14.3. The first kappa shape index (κ1) is 18.0. The van der Waals surface area contributed by atoms with Crippen molar-refractivity contribution in [2.45, 2.75) is 33.3 Å². The van der Waals surface area contributed by atoms with Crippen molar-refractivity contribution in [3.8, 4) is 5.75 Å². The summed E-state index contributed by atoms with van der Waals surface area (Å²) in [5.74, 6) is 0.279. The van der Waals surface area contributed by atoms with Crippen LogP contribution in [0.4, 0.5) is 4.39 Å². The minimum absolute atomic E-state index is 0.00611. The maximum Gasteiger partial charge on any atom is 0.257 e. The van der Waals surface area contributed by atoms with Gasteiger partial charge in [0.1, 0.15) is 18.2 Å². The Labute approximate surface area is 143 Å². The predicted molar refractivity (Wildman–Crippen MR) is 93.7 cm³/mol. The predicted octanol–water partition coefficient (Wildman–Crippen LogP) is 4.67. The van der Waals surface area contributed by atoms with Gasteiger partial charge in [-0.15, -0.1) is 0 Å². The van der Waals surface area contributed by atoms with Gasteiger partial charge in [-0.3, -0.25) is 4.79 Å². The van der Waals surface area contributed by atoms with Crippen LogP contribution in [-0.2, 0) is 6.61 Å². The summed E-state index contributed by atoms with van der Waals surface area (Å²) in [7, 11) is 0. The number of hydrogen-bond acceptors (Lipinski definition) is 2. The van der Waals surface area contributed by atoms with Crippen molar-refractivity contribution in [2.24, 2.45) is 0 Å². The number of halogens is 1. The number of carbonyl (C=O) groups excluding carboxylic acids is 1. The zero-order valence-corrected chi connectivity index (χ0v) is 14.3. The van der Waals surface area contributed by atoms with Gasteiger partial charge in [0.25, 0.3) is 5.91 Å². The first-order valence-corrected chi connectivity index (χ1v) is 8.41. The largest absolute Gasteiger partial charge is 0.488 e. The van der Waals surface area contributed by atoms with E-state index in [2.05, 4.69) is 13.8 Å². The lowest BCUT2D eigenvalue weighted by Gasteiger charge is -2.22. The molecule has 0 saturated heterocycles. The Morgan fingerprint density at radius 3 is 2.25 bits per heavy atom. The van der Waals surface area contributed by atoms with Gasteiger partial charge in [-0.1, -0.05) is 38.1 Å². The first-order chi connectivity index (χ1) is 11.7. The first-order valence-electron chi connectivity index (χ1n) is 8.41. The van der Waals surface area contributed by atoms with E-state index in [1.165, 1.54) is 12.1 Å². The lowest BCUT2D eigenvalue weighted by atomic mass is 10.1. The van der Waals surface area contributed by atoms with E-state index < -0.39 is 0 Å². The molecule has 0 bridgehead atoms. The van der Waals surface area contributed by atoms with Gasteiger partial charge in [-0.05, 0) is 42.7 Å². The molecule has 2 aromatic rings. The number of carbonyl (C=O) groups is 1. The van der Waals surface area contributed by atoms with Crippen LogP contribution in [0.15, 0.2) is 48.5 Å². The molecule has 2 aromatic carbocycles. The summed E-state index contributed by atoms with van der Waals surface area (Å²) in [5, 5.41) is 0. The van der Waals surface area contributed by atoms with Crippen molar-refractivity contribution in [2.75, 3.05) is 13.1 Å². The summed E-state index contributed by atoms with van der Waals surface area (Å²) in [6.07, 6.45) is 1.84. The van der Waals surface area contributed by atoms with E-state index in [9.17, 15) is 9.18 Å². The van der Waals surface area contributed by atoms with Crippen molar-refractivity contribution in [1.29, 1.82) is 0 Å². The van der Waals surface area contributed by atoms with Crippen molar-refractivity contribution >= 4 is 5.91 Å². The molecule has 1 amide bonds. The molecule has 0 saturated carbocycles. The molecule has 0 heterocycles. The summed E-state index contributed by atoms with van der Waals surface area (Å²) >= 11 is 0. The van der Waals surface area contributed by atoms with Gasteiger partial charge >= 0.3 is 0 Å². The molecule has 128 valence electrons. The van der Waals surface area contributed by atoms with Crippen molar-refractivity contribution in [3.05, 3.63) is 65.5 Å². The monoisotopic (exact) mass is 329 g/mol. The lowest BCUT2D eigenvalue weighted by molar-refractivity contribution is 0.0750. The molecule has 0 atom stereocenters. The van der Waals surface area contributed by atoms with Crippen LogP contribution < -0.4 is 4.74 Å². The highest BCUT2D eigenvalue weighted by atomic mass is 19.1. The van der Waals surface area contributed by atoms with E-state index in [-0.39, 0.29) is 11.7 Å². The van der Waals surface area contributed by atoms with Crippen LogP contribution in [0.2, 0.25) is 0 Å². The fourth-order valence-corrected chi connectivity index (χ4v) is 2.54. The summed E-state index contributed by atoms with van der Waals surface area (Å²) in [4.78, 5) is 14.7. The molecule has 0 aliphatic rings. The topological polar surface area (TPSA) is 29.5 Å². The van der Waals surface area contributed by atoms with E-state index in [4.69, 9.17) is 4.74 Å². The van der Waals surface area contributed by atoms with E-state index in [1.807, 2.05) is 17.0 Å². The maximum absolute atomic E-state index is 13.0. The van der Waals surface area contributed by atoms with Crippen molar-refractivity contribution < 1.29 is 13.9 Å². The van der Waals surface area contributed by atoms with Gasteiger partial charge in [0, 0.05) is 13.1 Å². The molecule has 24 heavy (non-hydrogen) atoms. The Morgan fingerprint density at radius 1 is 1.00 bits per heavy atom. The lowest BCUT2D eigenvalue weighted by Crippen LogP contribution is -2.32. The average Bonchev–Trinajstić information content (AvgIpc) is 2.61. The van der Waals surface area contributed by atoms with Crippen LogP contribution in [0, 0.1) is 5.82 Å². The third-order valence-electron chi connectivity index (χ3n) is 3.70. The number of ether oxygens (including phenoxy) is 1. The molecule has 2 rings (SSSR count). The van der Waals surface area contributed by atoms with Crippen molar-refractivity contribution in [3.63, 3.8) is 0 Å². The molecule has 0 aliphatic heterocycles. The normalized spacial score (nSPS) is 10.5. The Balaban J connectivity index is 2.13. The standard InChI is InChI=1S/C20H24FNO2/c1-3-13-22(14-4-2)20(23)18-7-5-6-8-19(18)24-15-16-9-11-17(21)12-10-16/h5-12H,3-4,13-15H2,1-2H3. The number of hydrogen-bond donors (Lipinski definition) is 0. The van der Waals surface area contributed by atoms with Gasteiger partial charge in [0.15, 0.2) is 0 Å². The number of nitrogens with zero attached hydrogens (tertiary/aromatic N) is 1. The summed E-state index contributed by atoms with van der Waals surface area (Å²) in [5.41, 5.74) is 1.43. The number of amides is 1. The second-order valence-corrected chi connectivity index (χ2v) is 5.70. The Hall–Kier alpha value is -2.36. The van der Waals surface area contributed by atoms with Gasteiger partial charge in [-0.25, -0.2) is 4.39 Å². The highest BCUT2D eigenvalue weighted by Crippen LogP contribution is 2.21. The molecule has 3 nitrogen and oxygen atoms in total. The Kier molecular flexibility index (Phi) is 6.79. The molecule has 0 radical (unpaired) electrons. The molecular weight excluding hydrogens is 305 g/mol. The second-order valence-electron chi connectivity index (χ2n) is 5.70. The third-order valence-corrected chi connectivity index (χ3v) is 3.70. The summed E-state index contributed by atoms with van der Waals surface area (Å²) < 4.78 is 18.8. The van der Waals surface area contributed by atoms with Crippen LogP contribution in [-0.4, -0.2) is 23.9 Å². The van der Waals surface area contributed by atoms with Crippen LogP contribution >= 0.6 is 0 Å². The quantitative estimate of drug-likeness (QED) is 0.704. The molecule has 0 aliphatic carbocycles. The van der Waals surface area contributed by atoms with Gasteiger partial charge in [-0.2, -0.15) is 0 Å². The number of para-hydroxylation sites is 1. The van der Waals surface area contributed by atoms with Gasteiger partial charge in [0.2, 0.25) is 0 Å². The van der Waals surface area contributed by atoms with Crippen LogP contribution in [0.1, 0.15) is 42.6 Å². The number of benzene rings is 2. The van der Waals surface area contributed by atoms with E-state index >= 15 is 0 Å². The molecule has 0 unspecified atom stereocenters. The zero-order chi connectivity index (χ0) is 17.4. The molecule has 0 fully saturated rings. The fourth-order valence-electron chi connectivity index (χ4n) is 2.54. The van der Waals surface area contributed by atoms with Crippen LogP contribution in [0.5, 0.6) is 5.75 Å². The molecule has 0 N–H and O–H groups in total. The summed E-state index contributed by atoms with van der Waals surface area (Å²) in [6, 6.07) is 13.4. The second kappa shape index (κ2) is 9.06. The van der Waals surface area contributed by atoms with E-state index in [0.29, 0.717) is 17.9 Å². The van der Waals surface area contributed by atoms with Crippen LogP contribution in [0.25, 0.3) is 0 Å². The maximum atomic E-state index is 13.0. The van der Waals surface area contributed by atoms with Crippen LogP contribution in [0.3, 0.4) is 0 Å². The minimum atomic E-state index is -0.274. The fraction of sp³-hybridized carbons (Fsp3) is 0.350. The molecule has 0 aromatic heterocycles. The highest BCUT2D eigenvalue weighted by molar-refractivity contribution is 5.96. The number of rotatable bonds is 8. The SMILES string of the molecule is CCCN(CCC)C(=O)c1ccccc1OCc1ccc(F)cc1. The molecule has 0 spiro atoms. The third kappa shape index (κ3) is 4.82. The van der Waals surface area contributed by atoms with E-state index in [0.717, 1.165) is 31.5 Å². The Bertz CT molecular complexity index is 649. The Morgan fingerprint density at radius 2 is 1.62 bits per heavy atom. The summed E-state index contributed by atoms with van der Waals surface area (Å²) in [6.45, 7) is 5.89. The highest BCUT2D eigenvalue weighted by Gasteiger charge is 2.18. The van der Waals surface area contributed by atoms with Crippen molar-refractivity contribution in [1.82, 2.24) is 4.90 Å². The minimum Gasteiger partial charge on any atom is -0.488 e. The van der Waals surface area contributed by atoms with Gasteiger partial charge in [0.05, 0.1) is 5.56 Å². The average molecular weight is 329 g/mol. The molecular formula is C20H24FNO2. The smallest absolute Gasteiger partial charge is 0.257 e. The van der Waals surface area contributed by atoms with E-state index in [1.54, 1.807) is 24.3 Å².